The third-order valence-electron chi connectivity index (χ3n) is 7.03. The van der Waals surface area contributed by atoms with Crippen molar-refractivity contribution in [3.63, 3.8) is 0 Å². The SMILES string of the molecule is Nc1ncc(-c2cnn(C3CNC(C(=O)N4CCOCC4)C3)c2)cc1-c1cc2c(Cl)ccc(F)c2cn1. The smallest absolute Gasteiger partial charge is 0.239 e. The molecule has 2 saturated heterocycles. The quantitative estimate of drug-likeness (QED) is 0.424. The average molecular weight is 522 g/mol. The monoisotopic (exact) mass is 521 g/mol. The number of pyridine rings is 2. The molecule has 190 valence electrons. The summed E-state index contributed by atoms with van der Waals surface area (Å²) < 4.78 is 21.4. The van der Waals surface area contributed by atoms with Crippen molar-refractivity contribution in [1.82, 2.24) is 30.0 Å². The highest BCUT2D eigenvalue weighted by molar-refractivity contribution is 6.35. The fraction of sp³-hybridized carbons (Fsp3) is 0.308. The minimum absolute atomic E-state index is 0.0594. The summed E-state index contributed by atoms with van der Waals surface area (Å²) in [7, 11) is 0. The van der Waals surface area contributed by atoms with Crippen LogP contribution in [-0.4, -0.2) is 69.4 Å². The van der Waals surface area contributed by atoms with E-state index in [-0.39, 0.29) is 23.8 Å². The molecule has 3 aromatic heterocycles. The summed E-state index contributed by atoms with van der Waals surface area (Å²) >= 11 is 6.31. The van der Waals surface area contributed by atoms with E-state index < -0.39 is 0 Å². The van der Waals surface area contributed by atoms with E-state index in [1.807, 2.05) is 21.8 Å². The highest BCUT2D eigenvalue weighted by atomic mass is 35.5. The maximum Gasteiger partial charge on any atom is 0.239 e. The van der Waals surface area contributed by atoms with Gasteiger partial charge in [-0.1, -0.05) is 11.6 Å². The molecule has 0 radical (unpaired) electrons. The lowest BCUT2D eigenvalue weighted by molar-refractivity contribution is -0.137. The van der Waals surface area contributed by atoms with E-state index in [9.17, 15) is 9.18 Å². The van der Waals surface area contributed by atoms with Gasteiger partial charge in [0, 0.05) is 70.7 Å². The molecule has 2 aliphatic heterocycles. The van der Waals surface area contributed by atoms with Crippen LogP contribution in [0.25, 0.3) is 33.2 Å². The zero-order valence-corrected chi connectivity index (χ0v) is 20.7. The molecule has 5 heterocycles. The third-order valence-corrected chi connectivity index (χ3v) is 7.36. The van der Waals surface area contributed by atoms with E-state index in [0.29, 0.717) is 72.1 Å². The molecular weight excluding hydrogens is 497 g/mol. The molecule has 1 amide bonds. The van der Waals surface area contributed by atoms with Crippen LogP contribution < -0.4 is 11.1 Å². The predicted molar refractivity (Wildman–Crippen MR) is 138 cm³/mol. The molecule has 2 unspecified atom stereocenters. The van der Waals surface area contributed by atoms with E-state index in [0.717, 1.165) is 11.1 Å². The number of nitrogen functional groups attached to an aromatic ring is 1. The van der Waals surface area contributed by atoms with Crippen LogP contribution >= 0.6 is 11.6 Å². The Hall–Kier alpha value is -3.60. The number of morpholine rings is 1. The lowest BCUT2D eigenvalue weighted by Gasteiger charge is -2.29. The van der Waals surface area contributed by atoms with Crippen LogP contribution in [0.2, 0.25) is 5.02 Å². The first-order chi connectivity index (χ1) is 18.0. The molecule has 2 atom stereocenters. The highest BCUT2D eigenvalue weighted by Gasteiger charge is 2.34. The van der Waals surface area contributed by atoms with Crippen molar-refractivity contribution in [2.75, 3.05) is 38.6 Å². The van der Waals surface area contributed by atoms with E-state index in [1.165, 1.54) is 18.3 Å². The second-order valence-electron chi connectivity index (χ2n) is 9.30. The molecule has 0 spiro atoms. The van der Waals surface area contributed by atoms with Crippen LogP contribution in [0, 0.1) is 5.82 Å². The molecule has 0 bridgehead atoms. The van der Waals surface area contributed by atoms with Gasteiger partial charge in [-0.2, -0.15) is 5.10 Å². The highest BCUT2D eigenvalue weighted by Crippen LogP contribution is 2.33. The number of amides is 1. The van der Waals surface area contributed by atoms with E-state index >= 15 is 0 Å². The van der Waals surface area contributed by atoms with Crippen molar-refractivity contribution in [3.8, 4) is 22.4 Å². The fourth-order valence-corrected chi connectivity index (χ4v) is 5.17. The molecule has 3 N–H and O–H groups in total. The molecule has 0 saturated carbocycles. The largest absolute Gasteiger partial charge is 0.383 e. The number of fused-ring (bicyclic) bond motifs is 1. The lowest BCUT2D eigenvalue weighted by Crippen LogP contribution is -2.48. The second-order valence-corrected chi connectivity index (χ2v) is 9.71. The summed E-state index contributed by atoms with van der Waals surface area (Å²) in [5.74, 6) is 0.0365. The number of ether oxygens (including phenoxy) is 1. The maximum atomic E-state index is 14.2. The van der Waals surface area contributed by atoms with Gasteiger partial charge in [-0.15, -0.1) is 0 Å². The van der Waals surface area contributed by atoms with E-state index in [4.69, 9.17) is 22.1 Å². The van der Waals surface area contributed by atoms with Gasteiger partial charge in [-0.25, -0.2) is 9.37 Å². The van der Waals surface area contributed by atoms with Gasteiger partial charge in [0.05, 0.1) is 37.2 Å². The molecule has 37 heavy (non-hydrogen) atoms. The molecule has 0 aliphatic carbocycles. The topological polar surface area (TPSA) is 111 Å². The summed E-state index contributed by atoms with van der Waals surface area (Å²) in [6.45, 7) is 3.09. The normalized spacial score (nSPS) is 20.0. The number of carbonyl (C=O) groups is 1. The Morgan fingerprint density at radius 2 is 1.95 bits per heavy atom. The number of nitrogens with zero attached hydrogens (tertiary/aromatic N) is 5. The Kier molecular flexibility index (Phi) is 6.23. The van der Waals surface area contributed by atoms with Crippen molar-refractivity contribution in [3.05, 3.63) is 59.9 Å². The first-order valence-electron chi connectivity index (χ1n) is 12.1. The van der Waals surface area contributed by atoms with Gasteiger partial charge in [-0.05, 0) is 30.7 Å². The maximum absolute atomic E-state index is 14.2. The summed E-state index contributed by atoms with van der Waals surface area (Å²) in [5, 5.41) is 9.24. The number of carbonyl (C=O) groups excluding carboxylic acids is 1. The fourth-order valence-electron chi connectivity index (χ4n) is 4.95. The predicted octanol–water partition coefficient (Wildman–Crippen LogP) is 3.30. The van der Waals surface area contributed by atoms with Gasteiger partial charge in [0.1, 0.15) is 11.6 Å². The van der Waals surface area contributed by atoms with Crippen LogP contribution in [0.4, 0.5) is 10.2 Å². The minimum atomic E-state index is -0.388. The summed E-state index contributed by atoms with van der Waals surface area (Å²) in [5.41, 5.74) is 9.03. The first-order valence-corrected chi connectivity index (χ1v) is 12.5. The number of nitrogens with one attached hydrogen (secondary N) is 1. The number of rotatable bonds is 4. The number of halogens is 2. The van der Waals surface area contributed by atoms with Crippen LogP contribution in [-0.2, 0) is 9.53 Å². The van der Waals surface area contributed by atoms with E-state index in [1.54, 1.807) is 18.5 Å². The standard InChI is InChI=1S/C26H25ClFN7O2/c27-21-1-2-22(28)20-13-31-23(9-18(20)21)19-7-15(10-32-25(19)29)16-11-33-35(14-16)17-8-24(30-12-17)26(36)34-3-5-37-6-4-34/h1-2,7,9-11,13-14,17,24,30H,3-6,8,12H2,(H2,29,32). The number of aromatic nitrogens is 4. The van der Waals surface area contributed by atoms with Gasteiger partial charge >= 0.3 is 0 Å². The Morgan fingerprint density at radius 1 is 1.11 bits per heavy atom. The lowest BCUT2D eigenvalue weighted by atomic mass is 10.0. The Morgan fingerprint density at radius 3 is 2.78 bits per heavy atom. The van der Waals surface area contributed by atoms with Crippen molar-refractivity contribution in [1.29, 1.82) is 0 Å². The van der Waals surface area contributed by atoms with Gasteiger partial charge in [0.2, 0.25) is 5.91 Å². The van der Waals surface area contributed by atoms with Gasteiger partial charge in [0.15, 0.2) is 0 Å². The van der Waals surface area contributed by atoms with Crippen LogP contribution in [0.1, 0.15) is 12.5 Å². The molecule has 4 aromatic rings. The Bertz CT molecular complexity index is 1490. The third kappa shape index (κ3) is 4.52. The Labute approximate surface area is 217 Å². The Balaban J connectivity index is 1.23. The van der Waals surface area contributed by atoms with Crippen molar-refractivity contribution in [2.24, 2.45) is 0 Å². The van der Waals surface area contributed by atoms with Crippen LogP contribution in [0.15, 0.2) is 49.1 Å². The number of hydrogen-bond donors (Lipinski definition) is 2. The molecule has 6 rings (SSSR count). The summed E-state index contributed by atoms with van der Waals surface area (Å²) in [6, 6.07) is 6.29. The molecule has 11 heteroatoms. The number of benzene rings is 1. The van der Waals surface area contributed by atoms with Gasteiger partial charge in [-0.3, -0.25) is 14.5 Å². The van der Waals surface area contributed by atoms with Crippen LogP contribution in [0.3, 0.4) is 0 Å². The van der Waals surface area contributed by atoms with Crippen molar-refractivity contribution >= 4 is 34.1 Å². The van der Waals surface area contributed by atoms with Crippen LogP contribution in [0.5, 0.6) is 0 Å². The first kappa shape index (κ1) is 23.8. The van der Waals surface area contributed by atoms with Crippen molar-refractivity contribution < 1.29 is 13.9 Å². The zero-order valence-electron chi connectivity index (χ0n) is 19.9. The number of hydrogen-bond acceptors (Lipinski definition) is 7. The average Bonchev–Trinajstić information content (AvgIpc) is 3.62. The number of nitrogens with two attached hydrogens (primary N) is 1. The molecule has 2 aliphatic rings. The summed E-state index contributed by atoms with van der Waals surface area (Å²) in [6.07, 6.45) is 7.53. The zero-order chi connectivity index (χ0) is 25.5. The molecular formula is C26H25ClFN7O2. The molecule has 2 fully saturated rings. The van der Waals surface area contributed by atoms with Gasteiger partial charge in [0.25, 0.3) is 0 Å². The minimum Gasteiger partial charge on any atom is -0.383 e. The second kappa shape index (κ2) is 9.70. The van der Waals surface area contributed by atoms with E-state index in [2.05, 4.69) is 20.4 Å². The molecule has 1 aromatic carbocycles. The number of anilines is 1. The van der Waals surface area contributed by atoms with Crippen molar-refractivity contribution in [2.45, 2.75) is 18.5 Å². The summed E-state index contributed by atoms with van der Waals surface area (Å²) in [4.78, 5) is 23.5. The van der Waals surface area contributed by atoms with Gasteiger partial charge < -0.3 is 20.7 Å². The molecule has 9 nitrogen and oxygen atoms in total.